The Kier molecular flexibility index (Phi) is 5.56. The molecule has 3 aromatic heterocycles. The van der Waals surface area contributed by atoms with Gasteiger partial charge in [-0.2, -0.15) is 0 Å². The molecule has 7 aromatic carbocycles. The number of para-hydroxylation sites is 1. The van der Waals surface area contributed by atoms with Crippen molar-refractivity contribution in [2.75, 3.05) is 0 Å². The van der Waals surface area contributed by atoms with Gasteiger partial charge in [0, 0.05) is 0 Å². The van der Waals surface area contributed by atoms with Crippen molar-refractivity contribution in [3.8, 4) is 34.2 Å². The molecule has 0 atom stereocenters. The van der Waals surface area contributed by atoms with Crippen LogP contribution in [0.3, 0.4) is 0 Å². The molecule has 3 heterocycles. The van der Waals surface area contributed by atoms with E-state index in [1.165, 1.54) is 35.5 Å². The maximum atomic E-state index is 6.25. The third-order valence-corrected chi connectivity index (χ3v) is 11.4. The van der Waals surface area contributed by atoms with Gasteiger partial charge in [-0.1, -0.05) is 6.07 Å². The van der Waals surface area contributed by atoms with Crippen LogP contribution in [0.4, 0.5) is 0 Å². The van der Waals surface area contributed by atoms with Crippen LogP contribution in [0.5, 0.6) is 0 Å². The predicted molar refractivity (Wildman–Crippen MR) is 190 cm³/mol. The molecule has 0 N–H and O–H groups in total. The molecular formula is C41H23N3OSe. The van der Waals surface area contributed by atoms with Crippen molar-refractivity contribution in [1.82, 2.24) is 15.0 Å². The molecule has 0 saturated carbocycles. The van der Waals surface area contributed by atoms with E-state index in [1.54, 1.807) is 0 Å². The first-order chi connectivity index (χ1) is 22.8. The molecule has 0 spiro atoms. The fourth-order valence-corrected chi connectivity index (χ4v) is 9.50. The summed E-state index contributed by atoms with van der Waals surface area (Å²) in [5.41, 5.74) is 4.54. The van der Waals surface area contributed by atoms with E-state index in [9.17, 15) is 0 Å². The van der Waals surface area contributed by atoms with Gasteiger partial charge in [-0.15, -0.1) is 0 Å². The summed E-state index contributed by atoms with van der Waals surface area (Å²) in [6, 6.07) is 48.8. The summed E-state index contributed by atoms with van der Waals surface area (Å²) in [6.07, 6.45) is 0. The number of nitrogens with zero attached hydrogens (tertiary/aromatic N) is 3. The molecule has 46 heavy (non-hydrogen) atoms. The SMILES string of the molecule is c1ccc(-c2nc(-c3cc4ccccc4c4c3ccc3c5ccccc5[se]c34)nc(-c3cccc4oc5ccccc5c34)n2)cc1. The quantitative estimate of drug-likeness (QED) is 0.141. The molecule has 0 aliphatic carbocycles. The normalized spacial score (nSPS) is 11.9. The van der Waals surface area contributed by atoms with E-state index < -0.39 is 0 Å². The van der Waals surface area contributed by atoms with Crippen molar-refractivity contribution in [3.05, 3.63) is 140 Å². The Hall–Kier alpha value is -5.61. The van der Waals surface area contributed by atoms with Crippen LogP contribution in [0.15, 0.2) is 144 Å². The van der Waals surface area contributed by atoms with Gasteiger partial charge < -0.3 is 0 Å². The van der Waals surface area contributed by atoms with Gasteiger partial charge >= 0.3 is 264 Å². The zero-order valence-corrected chi connectivity index (χ0v) is 26.2. The van der Waals surface area contributed by atoms with E-state index in [1.807, 2.05) is 48.5 Å². The second-order valence-electron chi connectivity index (χ2n) is 11.6. The number of hydrogen-bond donors (Lipinski definition) is 0. The van der Waals surface area contributed by atoms with Crippen molar-refractivity contribution in [3.63, 3.8) is 0 Å². The summed E-state index contributed by atoms with van der Waals surface area (Å²) in [4.78, 5) is 15.5. The van der Waals surface area contributed by atoms with Gasteiger partial charge in [-0.05, 0) is 0 Å². The summed E-state index contributed by atoms with van der Waals surface area (Å²) in [5, 5.41) is 9.65. The third kappa shape index (κ3) is 3.83. The van der Waals surface area contributed by atoms with Crippen LogP contribution in [0, 0.1) is 0 Å². The summed E-state index contributed by atoms with van der Waals surface area (Å²) in [6.45, 7) is 0. The van der Waals surface area contributed by atoms with Crippen molar-refractivity contribution in [1.29, 1.82) is 0 Å². The fraction of sp³-hybridized carbons (Fsp3) is 0. The summed E-state index contributed by atoms with van der Waals surface area (Å²) < 4.78 is 9.11. The number of aromatic nitrogens is 3. The molecule has 4 nitrogen and oxygen atoms in total. The van der Waals surface area contributed by atoms with E-state index in [-0.39, 0.29) is 14.5 Å². The number of benzene rings is 7. The molecule has 10 rings (SSSR count). The van der Waals surface area contributed by atoms with Gasteiger partial charge in [0.1, 0.15) is 0 Å². The van der Waals surface area contributed by atoms with Crippen LogP contribution in [0.1, 0.15) is 0 Å². The Morgan fingerprint density at radius 2 is 1.11 bits per heavy atom. The Bertz CT molecular complexity index is 2820. The zero-order chi connectivity index (χ0) is 30.2. The first-order valence-electron chi connectivity index (χ1n) is 15.3. The minimum absolute atomic E-state index is 0.199. The molecule has 5 heteroatoms. The third-order valence-electron chi connectivity index (χ3n) is 8.92. The van der Waals surface area contributed by atoms with Crippen LogP contribution < -0.4 is 0 Å². The van der Waals surface area contributed by atoms with Crippen LogP contribution >= 0.6 is 0 Å². The molecule has 0 bridgehead atoms. The molecule has 0 unspecified atom stereocenters. The Morgan fingerprint density at radius 3 is 2.00 bits per heavy atom. The van der Waals surface area contributed by atoms with Gasteiger partial charge in [-0.25, -0.2) is 0 Å². The first-order valence-corrected chi connectivity index (χ1v) is 17.0. The van der Waals surface area contributed by atoms with Crippen molar-refractivity contribution in [2.24, 2.45) is 0 Å². The average molecular weight is 653 g/mol. The van der Waals surface area contributed by atoms with Crippen molar-refractivity contribution < 1.29 is 4.42 Å². The van der Waals surface area contributed by atoms with Gasteiger partial charge in [-0.3, -0.25) is 0 Å². The number of rotatable bonds is 3. The number of fused-ring (bicyclic) bond motifs is 10. The average Bonchev–Trinajstić information content (AvgIpc) is 3.70. The maximum absolute atomic E-state index is 6.25. The zero-order valence-electron chi connectivity index (χ0n) is 24.4. The van der Waals surface area contributed by atoms with E-state index in [4.69, 9.17) is 19.4 Å². The van der Waals surface area contributed by atoms with Crippen LogP contribution in [-0.4, -0.2) is 29.5 Å². The van der Waals surface area contributed by atoms with Gasteiger partial charge in [0.05, 0.1) is 0 Å². The molecule has 0 fully saturated rings. The first kappa shape index (κ1) is 25.7. The molecule has 0 radical (unpaired) electrons. The second kappa shape index (κ2) is 9.95. The fourth-order valence-electron chi connectivity index (χ4n) is 6.84. The van der Waals surface area contributed by atoms with E-state index >= 15 is 0 Å². The number of hydrogen-bond acceptors (Lipinski definition) is 4. The summed E-state index contributed by atoms with van der Waals surface area (Å²) >= 11 is 0.199. The monoisotopic (exact) mass is 653 g/mol. The molecule has 10 aromatic rings. The van der Waals surface area contributed by atoms with Gasteiger partial charge in [0.15, 0.2) is 0 Å². The summed E-state index contributed by atoms with van der Waals surface area (Å²) in [5.74, 6) is 1.93. The Balaban J connectivity index is 1.32. The second-order valence-corrected chi connectivity index (χ2v) is 13.8. The molecule has 214 valence electrons. The van der Waals surface area contributed by atoms with E-state index in [0.717, 1.165) is 44.0 Å². The van der Waals surface area contributed by atoms with E-state index in [2.05, 4.69) is 91.0 Å². The number of furan rings is 1. The predicted octanol–water partition coefficient (Wildman–Crippen LogP) is 10.4. The van der Waals surface area contributed by atoms with Gasteiger partial charge in [0.2, 0.25) is 0 Å². The van der Waals surface area contributed by atoms with Crippen LogP contribution in [0.25, 0.3) is 96.9 Å². The van der Waals surface area contributed by atoms with Crippen LogP contribution in [0.2, 0.25) is 0 Å². The molecule has 0 aliphatic rings. The minimum atomic E-state index is 0.199. The molecule has 0 amide bonds. The van der Waals surface area contributed by atoms with Gasteiger partial charge in [0.25, 0.3) is 0 Å². The Labute approximate surface area is 269 Å². The molecule has 0 saturated heterocycles. The van der Waals surface area contributed by atoms with Crippen LogP contribution in [-0.2, 0) is 0 Å². The Morgan fingerprint density at radius 1 is 0.435 bits per heavy atom. The molecular weight excluding hydrogens is 629 g/mol. The van der Waals surface area contributed by atoms with E-state index in [0.29, 0.717) is 17.5 Å². The standard InChI is InChI=1S/C41H23N3OSe/c1-2-11-24(12-3-1)39-42-40(31-17-10-19-34-36(31)30-16-6-8-18-33(30)45-34)44-41(43-39)32-23-25-13-4-5-14-26(25)37-28(32)21-22-29-27-15-7-9-20-35(27)46-38(29)37/h1-23H. The topological polar surface area (TPSA) is 51.8 Å². The molecule has 0 aliphatic heterocycles. The van der Waals surface area contributed by atoms with Crippen molar-refractivity contribution >= 4 is 77.3 Å². The van der Waals surface area contributed by atoms with Crippen molar-refractivity contribution in [2.45, 2.75) is 0 Å². The summed E-state index contributed by atoms with van der Waals surface area (Å²) in [7, 11) is 0.